The van der Waals surface area contributed by atoms with Gasteiger partial charge in [0.2, 0.25) is 0 Å². The first-order valence-corrected chi connectivity index (χ1v) is 12.1. The van der Waals surface area contributed by atoms with Crippen LogP contribution in [0.5, 0.6) is 5.75 Å². The molecule has 0 saturated carbocycles. The van der Waals surface area contributed by atoms with Gasteiger partial charge in [-0.15, -0.1) is 0 Å². The van der Waals surface area contributed by atoms with Crippen molar-refractivity contribution < 1.29 is 13.9 Å². The van der Waals surface area contributed by atoms with E-state index in [0.29, 0.717) is 5.75 Å². The molecule has 0 aromatic heterocycles. The van der Waals surface area contributed by atoms with E-state index in [0.717, 1.165) is 76.5 Å². The second-order valence-electron chi connectivity index (χ2n) is 8.91. The van der Waals surface area contributed by atoms with Crippen molar-refractivity contribution in [1.82, 2.24) is 9.80 Å². The Balaban J connectivity index is 1.22. The van der Waals surface area contributed by atoms with Crippen molar-refractivity contribution in [2.24, 2.45) is 0 Å². The monoisotopic (exact) mass is 465 g/mol. The van der Waals surface area contributed by atoms with Gasteiger partial charge in [-0.1, -0.05) is 12.1 Å². The van der Waals surface area contributed by atoms with Crippen molar-refractivity contribution in [3.63, 3.8) is 0 Å². The Morgan fingerprint density at radius 3 is 1.76 bits per heavy atom. The van der Waals surface area contributed by atoms with Gasteiger partial charge in [0.15, 0.2) is 0 Å². The molecule has 0 radical (unpaired) electrons. The molecular weight excluding hydrogens is 432 g/mol. The minimum absolute atomic E-state index is 0.261. The van der Waals surface area contributed by atoms with Gasteiger partial charge in [0, 0.05) is 44.1 Å². The summed E-state index contributed by atoms with van der Waals surface area (Å²) in [5.41, 5.74) is 3.00. The fourth-order valence-electron chi connectivity index (χ4n) is 4.56. The largest absolute Gasteiger partial charge is 0.508 e. The van der Waals surface area contributed by atoms with E-state index in [4.69, 9.17) is 0 Å². The summed E-state index contributed by atoms with van der Waals surface area (Å²) in [5, 5.41) is 9.60. The van der Waals surface area contributed by atoms with Crippen LogP contribution in [0.3, 0.4) is 0 Å². The van der Waals surface area contributed by atoms with Gasteiger partial charge >= 0.3 is 0 Å². The first-order valence-electron chi connectivity index (χ1n) is 12.1. The molecule has 6 heteroatoms. The van der Waals surface area contributed by atoms with E-state index in [1.54, 1.807) is 30.3 Å². The minimum Gasteiger partial charge on any atom is -0.508 e. The number of piperazine rings is 1. The summed E-state index contributed by atoms with van der Waals surface area (Å²) in [5.74, 6) is -0.186. The molecule has 180 valence electrons. The van der Waals surface area contributed by atoms with Gasteiger partial charge in [0.25, 0.3) is 0 Å². The molecule has 3 aromatic carbocycles. The maximum Gasteiger partial charge on any atom is 0.123 e. The normalized spacial score (nSPS) is 14.9. The second kappa shape index (κ2) is 12.0. The number of aryl methyl sites for hydroxylation is 1. The van der Waals surface area contributed by atoms with Crippen LogP contribution in [0.2, 0.25) is 0 Å². The predicted octanol–water partition coefficient (Wildman–Crippen LogP) is 5.45. The maximum atomic E-state index is 13.4. The van der Waals surface area contributed by atoms with E-state index < -0.39 is 0 Å². The highest BCUT2D eigenvalue weighted by atomic mass is 19.1. The number of phenols is 1. The lowest BCUT2D eigenvalue weighted by Crippen LogP contribution is -2.47. The molecule has 1 fully saturated rings. The Morgan fingerprint density at radius 1 is 0.706 bits per heavy atom. The number of hydrogen-bond donors (Lipinski definition) is 1. The molecule has 3 aromatic rings. The molecule has 0 atom stereocenters. The summed E-state index contributed by atoms with van der Waals surface area (Å²) in [4.78, 5) is 7.14. The zero-order chi connectivity index (χ0) is 23.8. The predicted molar refractivity (Wildman–Crippen MR) is 134 cm³/mol. The number of phenolic OH excluding ortho intramolecular Hbond substituents is 1. The Kier molecular flexibility index (Phi) is 8.50. The van der Waals surface area contributed by atoms with Crippen molar-refractivity contribution in [1.29, 1.82) is 0 Å². The Labute approximate surface area is 201 Å². The van der Waals surface area contributed by atoms with Crippen molar-refractivity contribution in [2.45, 2.75) is 19.3 Å². The summed E-state index contributed by atoms with van der Waals surface area (Å²) < 4.78 is 26.8. The zero-order valence-corrected chi connectivity index (χ0v) is 19.5. The highest BCUT2D eigenvalue weighted by molar-refractivity contribution is 5.63. The van der Waals surface area contributed by atoms with Gasteiger partial charge in [-0.2, -0.15) is 0 Å². The van der Waals surface area contributed by atoms with Crippen LogP contribution in [0.1, 0.15) is 18.4 Å². The van der Waals surface area contributed by atoms with Crippen LogP contribution >= 0.6 is 0 Å². The Hall–Kier alpha value is -2.96. The molecule has 0 aliphatic carbocycles. The molecule has 0 spiro atoms. The van der Waals surface area contributed by atoms with E-state index in [-0.39, 0.29) is 11.6 Å². The molecule has 1 heterocycles. The van der Waals surface area contributed by atoms with Gasteiger partial charge in [-0.25, -0.2) is 8.78 Å². The van der Waals surface area contributed by atoms with E-state index >= 15 is 0 Å². The third-order valence-corrected chi connectivity index (χ3v) is 6.45. The molecule has 34 heavy (non-hydrogen) atoms. The van der Waals surface area contributed by atoms with Crippen LogP contribution in [0.4, 0.5) is 20.2 Å². The van der Waals surface area contributed by atoms with E-state index in [2.05, 4.69) is 20.8 Å². The quantitative estimate of drug-likeness (QED) is 0.431. The molecule has 4 rings (SSSR count). The Bertz CT molecular complexity index is 973. The number of aromatic hydroxyl groups is 1. The average molecular weight is 466 g/mol. The van der Waals surface area contributed by atoms with E-state index in [1.165, 1.54) is 29.8 Å². The van der Waals surface area contributed by atoms with Crippen molar-refractivity contribution in [3.05, 3.63) is 90.0 Å². The van der Waals surface area contributed by atoms with Crippen molar-refractivity contribution >= 4 is 11.4 Å². The SMILES string of the molecule is Oc1cccc(CCCN2CCN(CCCN(c3ccc(F)cc3)c3ccc(F)cc3)CC2)c1. The van der Waals surface area contributed by atoms with Gasteiger partial charge in [0.05, 0.1) is 0 Å². The van der Waals surface area contributed by atoms with Crippen LogP contribution in [0.25, 0.3) is 0 Å². The number of anilines is 2. The van der Waals surface area contributed by atoms with Gasteiger partial charge in [-0.3, -0.25) is 0 Å². The lowest BCUT2D eigenvalue weighted by atomic mass is 10.1. The van der Waals surface area contributed by atoms with Crippen molar-refractivity contribution in [2.75, 3.05) is 50.7 Å². The summed E-state index contributed by atoms with van der Waals surface area (Å²) in [6.45, 7) is 7.10. The molecule has 0 bridgehead atoms. The average Bonchev–Trinajstić information content (AvgIpc) is 2.84. The smallest absolute Gasteiger partial charge is 0.123 e. The van der Waals surface area contributed by atoms with Crippen molar-refractivity contribution in [3.8, 4) is 5.75 Å². The molecule has 1 N–H and O–H groups in total. The van der Waals surface area contributed by atoms with Crippen LogP contribution in [-0.2, 0) is 6.42 Å². The Morgan fingerprint density at radius 2 is 1.24 bits per heavy atom. The first kappa shape index (κ1) is 24.2. The fraction of sp³-hybridized carbons (Fsp3) is 0.357. The topological polar surface area (TPSA) is 30.0 Å². The number of halogens is 2. The molecular formula is C28H33F2N3O. The number of hydrogen-bond acceptors (Lipinski definition) is 4. The third-order valence-electron chi connectivity index (χ3n) is 6.45. The third kappa shape index (κ3) is 7.02. The number of rotatable bonds is 10. The van der Waals surface area contributed by atoms with Crippen LogP contribution in [0.15, 0.2) is 72.8 Å². The molecule has 4 nitrogen and oxygen atoms in total. The highest BCUT2D eigenvalue weighted by Crippen LogP contribution is 2.26. The fourth-order valence-corrected chi connectivity index (χ4v) is 4.56. The minimum atomic E-state index is -0.261. The first-order chi connectivity index (χ1) is 16.6. The molecule has 1 aliphatic rings. The second-order valence-corrected chi connectivity index (χ2v) is 8.91. The number of nitrogens with zero attached hydrogens (tertiary/aromatic N) is 3. The lowest BCUT2D eigenvalue weighted by Gasteiger charge is -2.35. The summed E-state index contributed by atoms with van der Waals surface area (Å²) in [7, 11) is 0. The van der Waals surface area contributed by atoms with E-state index in [9.17, 15) is 13.9 Å². The standard InChI is InChI=1S/C28H33F2N3O/c29-24-7-11-26(12-8-24)33(27-13-9-25(30)10-14-27)17-3-16-32-20-18-31(19-21-32)15-2-5-23-4-1-6-28(34)22-23/h1,4,6-14,22,34H,2-3,5,15-21H2. The summed E-state index contributed by atoms with van der Waals surface area (Å²) in [6, 6.07) is 20.5. The van der Waals surface area contributed by atoms with Crippen LogP contribution in [0, 0.1) is 11.6 Å². The van der Waals surface area contributed by atoms with Crippen LogP contribution < -0.4 is 4.90 Å². The molecule has 1 saturated heterocycles. The molecule has 0 amide bonds. The zero-order valence-electron chi connectivity index (χ0n) is 19.5. The summed E-state index contributed by atoms with van der Waals surface area (Å²) >= 11 is 0. The maximum absolute atomic E-state index is 13.4. The highest BCUT2D eigenvalue weighted by Gasteiger charge is 2.17. The summed E-state index contributed by atoms with van der Waals surface area (Å²) in [6.07, 6.45) is 3.04. The van der Waals surface area contributed by atoms with Crippen LogP contribution in [-0.4, -0.2) is 60.7 Å². The molecule has 1 aliphatic heterocycles. The van der Waals surface area contributed by atoms with Gasteiger partial charge < -0.3 is 19.8 Å². The lowest BCUT2D eigenvalue weighted by molar-refractivity contribution is 0.131. The molecule has 0 unspecified atom stereocenters. The van der Waals surface area contributed by atoms with E-state index in [1.807, 2.05) is 12.1 Å². The number of benzene rings is 3. The van der Waals surface area contributed by atoms with Gasteiger partial charge in [0.1, 0.15) is 17.4 Å². The van der Waals surface area contributed by atoms with Gasteiger partial charge in [-0.05, 0) is 98.6 Å².